The van der Waals surface area contributed by atoms with E-state index in [4.69, 9.17) is 5.73 Å². The van der Waals surface area contributed by atoms with Gasteiger partial charge in [-0.3, -0.25) is 19.0 Å². The fraction of sp³-hybridized carbons (Fsp3) is 0.286. The van der Waals surface area contributed by atoms with Gasteiger partial charge < -0.3 is 11.1 Å². The minimum Gasteiger partial charge on any atom is -0.365 e. The van der Waals surface area contributed by atoms with E-state index in [9.17, 15) is 22.8 Å². The Morgan fingerprint density at radius 3 is 2.44 bits per heavy atom. The van der Waals surface area contributed by atoms with Crippen LogP contribution in [0.25, 0.3) is 21.3 Å². The molecule has 0 radical (unpaired) electrons. The highest BCUT2D eigenvalue weighted by molar-refractivity contribution is 7.21. The molecule has 0 unspecified atom stereocenters. The minimum absolute atomic E-state index is 0.00349. The van der Waals surface area contributed by atoms with E-state index in [-0.39, 0.29) is 32.0 Å². The van der Waals surface area contributed by atoms with Gasteiger partial charge in [0, 0.05) is 30.2 Å². The van der Waals surface area contributed by atoms with E-state index in [0.29, 0.717) is 34.8 Å². The van der Waals surface area contributed by atoms with Gasteiger partial charge in [-0.25, -0.2) is 4.98 Å². The van der Waals surface area contributed by atoms with Crippen molar-refractivity contribution in [1.29, 1.82) is 0 Å². The molecule has 0 aromatic carbocycles. The summed E-state index contributed by atoms with van der Waals surface area (Å²) in [5.74, 6) is -1.50. The molecule has 9 nitrogen and oxygen atoms in total. The van der Waals surface area contributed by atoms with Crippen molar-refractivity contribution in [3.63, 3.8) is 0 Å². The van der Waals surface area contributed by atoms with Gasteiger partial charge in [-0.2, -0.15) is 23.4 Å². The van der Waals surface area contributed by atoms with Crippen LogP contribution in [0.4, 0.5) is 18.9 Å². The zero-order valence-corrected chi connectivity index (χ0v) is 19.4. The van der Waals surface area contributed by atoms with Gasteiger partial charge in [0.2, 0.25) is 0 Å². The standard InChI is InChI=1S/C21H20F3N7O2S/c1-5-31-10(3)12(8-26-31)11-7-14(21(22,23)24)27-20-15(11)16(17(34-20)18(25)32)28-19(33)13-6-9(2)29-30(13)4/h6-8H,5H2,1-4H3,(H2,25,32)(H,28,33). The van der Waals surface area contributed by atoms with E-state index in [1.165, 1.54) is 10.9 Å². The molecule has 13 heteroatoms. The fourth-order valence-corrected chi connectivity index (χ4v) is 4.79. The van der Waals surface area contributed by atoms with Crippen molar-refractivity contribution in [2.75, 3.05) is 5.32 Å². The monoisotopic (exact) mass is 491 g/mol. The molecule has 0 aliphatic heterocycles. The molecule has 4 aromatic rings. The first kappa shape index (κ1) is 23.4. The third-order valence-electron chi connectivity index (χ3n) is 5.34. The van der Waals surface area contributed by atoms with E-state index < -0.39 is 23.7 Å². The van der Waals surface area contributed by atoms with Crippen LogP contribution in [0.2, 0.25) is 0 Å². The SMILES string of the molecule is CCn1ncc(-c2cc(C(F)(F)F)nc3sc(C(N)=O)c(NC(=O)c4cc(C)nn4C)c23)c1C. The Morgan fingerprint density at radius 2 is 1.91 bits per heavy atom. The Morgan fingerprint density at radius 1 is 1.21 bits per heavy atom. The lowest BCUT2D eigenvalue weighted by Crippen LogP contribution is -2.19. The topological polar surface area (TPSA) is 121 Å². The van der Waals surface area contributed by atoms with Crippen molar-refractivity contribution in [3.8, 4) is 11.1 Å². The summed E-state index contributed by atoms with van der Waals surface area (Å²) >= 11 is 0.686. The number of pyridine rings is 1. The number of hydrogen-bond acceptors (Lipinski definition) is 6. The number of nitrogens with two attached hydrogens (primary N) is 1. The first-order chi connectivity index (χ1) is 15.9. The lowest BCUT2D eigenvalue weighted by atomic mass is 10.0. The van der Waals surface area contributed by atoms with Crippen LogP contribution in [-0.4, -0.2) is 36.4 Å². The second-order valence-corrected chi connectivity index (χ2v) is 8.61. The summed E-state index contributed by atoms with van der Waals surface area (Å²) in [7, 11) is 1.58. The highest BCUT2D eigenvalue weighted by Crippen LogP contribution is 2.44. The predicted octanol–water partition coefficient (Wildman–Crippen LogP) is 3.90. The lowest BCUT2D eigenvalue weighted by Gasteiger charge is -2.12. The van der Waals surface area contributed by atoms with Crippen molar-refractivity contribution in [2.24, 2.45) is 12.8 Å². The average Bonchev–Trinajstić information content (AvgIpc) is 3.41. The Balaban J connectivity index is 2.02. The number of amides is 2. The van der Waals surface area contributed by atoms with Crippen molar-refractivity contribution in [2.45, 2.75) is 33.5 Å². The Hall–Kier alpha value is -3.74. The summed E-state index contributed by atoms with van der Waals surface area (Å²) in [5, 5.41) is 11.2. The Labute approximate surface area is 195 Å². The number of anilines is 1. The van der Waals surface area contributed by atoms with Crippen molar-refractivity contribution < 1.29 is 22.8 Å². The number of halogens is 3. The number of nitrogens with zero attached hydrogens (tertiary/aromatic N) is 5. The fourth-order valence-electron chi connectivity index (χ4n) is 3.78. The number of aromatic nitrogens is 5. The van der Waals surface area contributed by atoms with Gasteiger partial charge in [-0.1, -0.05) is 0 Å². The molecule has 3 N–H and O–H groups in total. The maximum absolute atomic E-state index is 13.7. The second-order valence-electron chi connectivity index (χ2n) is 7.61. The van der Waals surface area contributed by atoms with Crippen molar-refractivity contribution in [1.82, 2.24) is 24.5 Å². The van der Waals surface area contributed by atoms with Crippen LogP contribution in [0, 0.1) is 13.8 Å². The molecule has 0 aliphatic rings. The van der Waals surface area contributed by atoms with Gasteiger partial charge in [0.05, 0.1) is 17.6 Å². The molecule has 0 saturated carbocycles. The molecule has 178 valence electrons. The molecule has 2 amide bonds. The second kappa shape index (κ2) is 8.24. The first-order valence-corrected chi connectivity index (χ1v) is 10.9. The van der Waals surface area contributed by atoms with Crippen LogP contribution in [-0.2, 0) is 19.8 Å². The van der Waals surface area contributed by atoms with Gasteiger partial charge in [0.25, 0.3) is 11.8 Å². The molecule has 34 heavy (non-hydrogen) atoms. The zero-order chi connectivity index (χ0) is 24.9. The lowest BCUT2D eigenvalue weighted by molar-refractivity contribution is -0.140. The quantitative estimate of drug-likeness (QED) is 0.439. The number of nitrogens with one attached hydrogen (secondary N) is 1. The van der Waals surface area contributed by atoms with Crippen LogP contribution in [0.5, 0.6) is 0 Å². The molecule has 0 atom stereocenters. The number of rotatable bonds is 5. The molecular formula is C21H20F3N7O2S. The Bertz CT molecular complexity index is 1450. The van der Waals surface area contributed by atoms with Gasteiger partial charge in [-0.15, -0.1) is 11.3 Å². The highest BCUT2D eigenvalue weighted by atomic mass is 32.1. The molecule has 0 spiro atoms. The number of aryl methyl sites for hydroxylation is 3. The average molecular weight is 491 g/mol. The first-order valence-electron chi connectivity index (χ1n) is 10.1. The van der Waals surface area contributed by atoms with Gasteiger partial charge in [0.1, 0.15) is 21.1 Å². The normalized spacial score (nSPS) is 11.9. The third-order valence-corrected chi connectivity index (χ3v) is 6.44. The van der Waals surface area contributed by atoms with Crippen LogP contribution >= 0.6 is 11.3 Å². The molecule has 0 bridgehead atoms. The summed E-state index contributed by atoms with van der Waals surface area (Å²) in [6.45, 7) is 5.79. The van der Waals surface area contributed by atoms with Crippen LogP contribution < -0.4 is 11.1 Å². The van der Waals surface area contributed by atoms with E-state index in [1.54, 1.807) is 31.6 Å². The molecule has 0 saturated heterocycles. The van der Waals surface area contributed by atoms with Crippen molar-refractivity contribution >= 4 is 39.1 Å². The third kappa shape index (κ3) is 3.91. The van der Waals surface area contributed by atoms with E-state index in [0.717, 1.165) is 6.07 Å². The number of alkyl halides is 3. The summed E-state index contributed by atoms with van der Waals surface area (Å²) in [5.41, 5.74) is 6.36. The highest BCUT2D eigenvalue weighted by Gasteiger charge is 2.35. The number of hydrogen-bond donors (Lipinski definition) is 2. The molecule has 4 heterocycles. The van der Waals surface area contributed by atoms with Crippen LogP contribution in [0.15, 0.2) is 18.3 Å². The zero-order valence-electron chi connectivity index (χ0n) is 18.6. The molecule has 0 aliphatic carbocycles. The number of primary amides is 1. The number of carbonyl (C=O) groups excluding carboxylic acids is 2. The summed E-state index contributed by atoms with van der Waals surface area (Å²) in [6, 6.07) is 2.44. The van der Waals surface area contributed by atoms with Crippen molar-refractivity contribution in [3.05, 3.63) is 46.0 Å². The molecular weight excluding hydrogens is 471 g/mol. The molecule has 0 fully saturated rings. The smallest absolute Gasteiger partial charge is 0.365 e. The van der Waals surface area contributed by atoms with Gasteiger partial charge in [-0.05, 0) is 38.5 Å². The summed E-state index contributed by atoms with van der Waals surface area (Å²) in [4.78, 5) is 28.8. The summed E-state index contributed by atoms with van der Waals surface area (Å²) in [6.07, 6.45) is -3.28. The number of thiophene rings is 1. The van der Waals surface area contributed by atoms with E-state index in [2.05, 4.69) is 20.5 Å². The summed E-state index contributed by atoms with van der Waals surface area (Å²) < 4.78 is 44.0. The Kier molecular flexibility index (Phi) is 5.67. The number of carbonyl (C=O) groups is 2. The van der Waals surface area contributed by atoms with Crippen LogP contribution in [0.1, 0.15) is 44.2 Å². The van der Waals surface area contributed by atoms with E-state index >= 15 is 0 Å². The van der Waals surface area contributed by atoms with Gasteiger partial charge >= 0.3 is 6.18 Å². The predicted molar refractivity (Wildman–Crippen MR) is 121 cm³/mol. The molecule has 4 rings (SSSR count). The maximum Gasteiger partial charge on any atom is 0.433 e. The maximum atomic E-state index is 13.7. The molecule has 4 aromatic heterocycles. The largest absolute Gasteiger partial charge is 0.433 e. The minimum atomic E-state index is -4.73. The van der Waals surface area contributed by atoms with Crippen LogP contribution in [0.3, 0.4) is 0 Å². The van der Waals surface area contributed by atoms with E-state index in [1.807, 2.05) is 6.92 Å². The number of fused-ring (bicyclic) bond motifs is 1. The van der Waals surface area contributed by atoms with Gasteiger partial charge in [0.15, 0.2) is 0 Å².